The highest BCUT2D eigenvalue weighted by Crippen LogP contribution is 2.19. The quantitative estimate of drug-likeness (QED) is 0.726. The summed E-state index contributed by atoms with van der Waals surface area (Å²) in [4.78, 5) is 6.87. The van der Waals surface area contributed by atoms with Crippen LogP contribution in [-0.4, -0.2) is 24.0 Å². The summed E-state index contributed by atoms with van der Waals surface area (Å²) < 4.78 is 2.21. The van der Waals surface area contributed by atoms with Crippen molar-refractivity contribution < 1.29 is 4.57 Å². The number of nitrogens with zero attached hydrogens (tertiary/aromatic N) is 3. The molecule has 0 bridgehead atoms. The molecule has 16 heavy (non-hydrogen) atoms. The first-order valence-corrected chi connectivity index (χ1v) is 5.85. The van der Waals surface area contributed by atoms with E-state index in [1.165, 1.54) is 17.0 Å². The molecule has 0 unspecified atom stereocenters. The van der Waals surface area contributed by atoms with Gasteiger partial charge in [0.05, 0.1) is 7.05 Å². The van der Waals surface area contributed by atoms with Gasteiger partial charge in [0.25, 0.3) is 0 Å². The maximum absolute atomic E-state index is 4.72. The van der Waals surface area contributed by atoms with Gasteiger partial charge in [0, 0.05) is 12.5 Å². The molecule has 1 rings (SSSR count). The first-order valence-electron chi connectivity index (χ1n) is 5.85. The molecule has 0 amide bonds. The summed E-state index contributed by atoms with van der Waals surface area (Å²) in [5, 5.41) is 0. The minimum Gasteiger partial charge on any atom is -0.298 e. The molecule has 0 aliphatic carbocycles. The molecule has 0 aromatic carbocycles. The fraction of sp³-hybridized carbons (Fsp3) is 0.692. The molecule has 0 saturated carbocycles. The SMILES string of the molecule is Cc1nc(CN(C)C)[n+](C)c(C)c1C(C)C. The van der Waals surface area contributed by atoms with E-state index in [9.17, 15) is 0 Å². The van der Waals surface area contributed by atoms with E-state index in [1.54, 1.807) is 0 Å². The van der Waals surface area contributed by atoms with Crippen molar-refractivity contribution in [1.82, 2.24) is 9.88 Å². The zero-order valence-electron chi connectivity index (χ0n) is 11.6. The maximum Gasteiger partial charge on any atom is 0.312 e. The van der Waals surface area contributed by atoms with Crippen molar-refractivity contribution in [1.29, 1.82) is 0 Å². The fourth-order valence-electron chi connectivity index (χ4n) is 2.22. The zero-order chi connectivity index (χ0) is 12.5. The number of hydrogen-bond acceptors (Lipinski definition) is 2. The highest BCUT2D eigenvalue weighted by atomic mass is 15.1. The second kappa shape index (κ2) is 4.91. The number of rotatable bonds is 3. The molecular weight excluding hydrogens is 198 g/mol. The van der Waals surface area contributed by atoms with Crippen molar-refractivity contribution in [2.45, 2.75) is 40.2 Å². The van der Waals surface area contributed by atoms with Gasteiger partial charge in [-0.3, -0.25) is 4.90 Å². The van der Waals surface area contributed by atoms with Crippen molar-refractivity contribution in [2.24, 2.45) is 7.05 Å². The van der Waals surface area contributed by atoms with E-state index in [4.69, 9.17) is 4.98 Å². The Balaban J connectivity index is 3.28. The summed E-state index contributed by atoms with van der Waals surface area (Å²) in [6.07, 6.45) is 0. The van der Waals surface area contributed by atoms with Gasteiger partial charge in [-0.25, -0.2) is 4.57 Å². The average molecular weight is 222 g/mol. The summed E-state index contributed by atoms with van der Waals surface area (Å²) >= 11 is 0. The molecule has 1 aromatic rings. The van der Waals surface area contributed by atoms with Gasteiger partial charge in [0.15, 0.2) is 5.69 Å². The Morgan fingerprint density at radius 2 is 1.81 bits per heavy atom. The van der Waals surface area contributed by atoms with E-state index in [1.807, 2.05) is 0 Å². The molecule has 1 heterocycles. The van der Waals surface area contributed by atoms with Crippen molar-refractivity contribution >= 4 is 0 Å². The lowest BCUT2D eigenvalue weighted by Gasteiger charge is -2.14. The highest BCUT2D eigenvalue weighted by Gasteiger charge is 2.21. The summed E-state index contributed by atoms with van der Waals surface area (Å²) in [5.41, 5.74) is 3.88. The zero-order valence-corrected chi connectivity index (χ0v) is 11.6. The Kier molecular flexibility index (Phi) is 4.03. The van der Waals surface area contributed by atoms with Crippen LogP contribution in [0.3, 0.4) is 0 Å². The Labute approximate surface area is 99.1 Å². The highest BCUT2D eigenvalue weighted by molar-refractivity contribution is 5.24. The molecule has 0 atom stereocenters. The smallest absolute Gasteiger partial charge is 0.298 e. The molecular formula is C13H24N3+. The molecule has 3 heteroatoms. The fourth-order valence-corrected chi connectivity index (χ4v) is 2.22. The molecule has 0 aliphatic rings. The van der Waals surface area contributed by atoms with E-state index >= 15 is 0 Å². The number of aryl methyl sites for hydroxylation is 1. The predicted octanol–water partition coefficient (Wildman–Crippen LogP) is 1.71. The summed E-state index contributed by atoms with van der Waals surface area (Å²) in [6.45, 7) is 9.63. The first kappa shape index (κ1) is 13.1. The molecule has 90 valence electrons. The second-order valence-electron chi connectivity index (χ2n) is 5.06. The van der Waals surface area contributed by atoms with Gasteiger partial charge < -0.3 is 0 Å². The van der Waals surface area contributed by atoms with Crippen LogP contribution in [0.15, 0.2) is 0 Å². The van der Waals surface area contributed by atoms with E-state index < -0.39 is 0 Å². The molecule has 0 N–H and O–H groups in total. The summed E-state index contributed by atoms with van der Waals surface area (Å²) in [6, 6.07) is 0. The maximum atomic E-state index is 4.72. The van der Waals surface area contributed by atoms with Crippen LogP contribution in [0.4, 0.5) is 0 Å². The van der Waals surface area contributed by atoms with Gasteiger partial charge in [-0.15, -0.1) is 0 Å². The van der Waals surface area contributed by atoms with Crippen LogP contribution in [0.1, 0.15) is 42.5 Å². The summed E-state index contributed by atoms with van der Waals surface area (Å²) in [7, 11) is 6.25. The van der Waals surface area contributed by atoms with Gasteiger partial charge in [-0.2, -0.15) is 0 Å². The predicted molar refractivity (Wildman–Crippen MR) is 66.4 cm³/mol. The molecule has 0 spiro atoms. The van der Waals surface area contributed by atoms with E-state index in [0.717, 1.165) is 12.4 Å². The first-order chi connectivity index (χ1) is 7.34. The summed E-state index contributed by atoms with van der Waals surface area (Å²) in [5.74, 6) is 1.66. The monoisotopic (exact) mass is 222 g/mol. The molecule has 0 saturated heterocycles. The van der Waals surface area contributed by atoms with Crippen molar-refractivity contribution in [3.8, 4) is 0 Å². The van der Waals surface area contributed by atoms with Gasteiger partial charge in [0.1, 0.15) is 12.2 Å². The minimum atomic E-state index is 0.534. The van der Waals surface area contributed by atoms with Crippen LogP contribution in [0, 0.1) is 13.8 Å². The number of aromatic nitrogens is 2. The lowest BCUT2D eigenvalue weighted by molar-refractivity contribution is -0.690. The second-order valence-corrected chi connectivity index (χ2v) is 5.06. The topological polar surface area (TPSA) is 20.0 Å². The van der Waals surface area contributed by atoms with Gasteiger partial charge >= 0.3 is 5.82 Å². The van der Waals surface area contributed by atoms with E-state index in [-0.39, 0.29) is 0 Å². The van der Waals surface area contributed by atoms with Gasteiger partial charge in [0.2, 0.25) is 0 Å². The largest absolute Gasteiger partial charge is 0.312 e. The molecule has 3 nitrogen and oxygen atoms in total. The third-order valence-electron chi connectivity index (χ3n) is 3.00. The standard InChI is InChI=1S/C13H24N3/c1-9(2)13-10(3)14-12(8-15(5)6)16(7)11(13)4/h9H,8H2,1-7H3/q+1. The molecule has 0 aliphatic heterocycles. The van der Waals surface area contributed by atoms with Crippen LogP contribution in [0.5, 0.6) is 0 Å². The van der Waals surface area contributed by atoms with Gasteiger partial charge in [-0.05, 0) is 31.9 Å². The minimum absolute atomic E-state index is 0.534. The van der Waals surface area contributed by atoms with Crippen molar-refractivity contribution in [3.63, 3.8) is 0 Å². The Morgan fingerprint density at radius 3 is 2.25 bits per heavy atom. The molecule has 1 aromatic heterocycles. The Morgan fingerprint density at radius 1 is 1.25 bits per heavy atom. The number of hydrogen-bond donors (Lipinski definition) is 0. The van der Waals surface area contributed by atoms with E-state index in [2.05, 4.69) is 58.3 Å². The Hall–Kier alpha value is -0.960. The lowest BCUT2D eigenvalue weighted by atomic mass is 10.00. The van der Waals surface area contributed by atoms with Crippen molar-refractivity contribution in [2.75, 3.05) is 14.1 Å². The molecule has 0 radical (unpaired) electrons. The normalized spacial score (nSPS) is 11.6. The van der Waals surface area contributed by atoms with Crippen LogP contribution < -0.4 is 4.57 Å². The van der Waals surface area contributed by atoms with Crippen LogP contribution in [0.25, 0.3) is 0 Å². The van der Waals surface area contributed by atoms with Gasteiger partial charge in [-0.1, -0.05) is 13.8 Å². The Bertz CT molecular complexity index is 381. The van der Waals surface area contributed by atoms with Crippen molar-refractivity contribution in [3.05, 3.63) is 22.8 Å². The molecule has 0 fully saturated rings. The third kappa shape index (κ3) is 2.59. The lowest BCUT2D eigenvalue weighted by Crippen LogP contribution is -2.42. The van der Waals surface area contributed by atoms with E-state index in [0.29, 0.717) is 5.92 Å². The van der Waals surface area contributed by atoms with Crippen LogP contribution in [0.2, 0.25) is 0 Å². The third-order valence-corrected chi connectivity index (χ3v) is 3.00. The van der Waals surface area contributed by atoms with Crippen LogP contribution >= 0.6 is 0 Å². The average Bonchev–Trinajstić information content (AvgIpc) is 2.12. The van der Waals surface area contributed by atoms with Crippen LogP contribution in [-0.2, 0) is 13.6 Å².